The smallest absolute Gasteiger partial charge is 0.256 e. The molecule has 1 amide bonds. The highest BCUT2D eigenvalue weighted by atomic mass is 32.2. The highest BCUT2D eigenvalue weighted by molar-refractivity contribution is 7.89. The quantitative estimate of drug-likeness (QED) is 0.602. The Morgan fingerprint density at radius 2 is 1.84 bits per heavy atom. The summed E-state index contributed by atoms with van der Waals surface area (Å²) < 4.78 is 28.5. The lowest BCUT2D eigenvalue weighted by Crippen LogP contribution is -2.39. The molecule has 31 heavy (non-hydrogen) atoms. The van der Waals surface area contributed by atoms with Gasteiger partial charge in [0.1, 0.15) is 0 Å². The molecule has 4 rings (SSSR count). The zero-order chi connectivity index (χ0) is 21.8. The molecule has 0 spiro atoms. The Morgan fingerprint density at radius 1 is 1.10 bits per heavy atom. The predicted octanol–water partition coefficient (Wildman–Crippen LogP) is 1.72. The van der Waals surface area contributed by atoms with Crippen LogP contribution in [0.1, 0.15) is 28.9 Å². The van der Waals surface area contributed by atoms with E-state index in [0.29, 0.717) is 30.8 Å². The van der Waals surface area contributed by atoms with Gasteiger partial charge >= 0.3 is 0 Å². The van der Waals surface area contributed by atoms with Crippen molar-refractivity contribution in [1.29, 1.82) is 0 Å². The van der Waals surface area contributed by atoms with Crippen molar-refractivity contribution in [3.8, 4) is 0 Å². The highest BCUT2D eigenvalue weighted by Crippen LogP contribution is 2.21. The molecule has 10 heteroatoms. The number of rotatable bonds is 6. The highest BCUT2D eigenvalue weighted by Gasteiger charge is 2.28. The molecule has 1 fully saturated rings. The van der Waals surface area contributed by atoms with Crippen molar-refractivity contribution >= 4 is 21.7 Å². The Hall–Kier alpha value is -3.08. The van der Waals surface area contributed by atoms with Gasteiger partial charge in [0.15, 0.2) is 5.82 Å². The maximum Gasteiger partial charge on any atom is 0.256 e. The van der Waals surface area contributed by atoms with Gasteiger partial charge in [-0.25, -0.2) is 8.42 Å². The van der Waals surface area contributed by atoms with E-state index in [1.807, 2.05) is 18.2 Å². The van der Waals surface area contributed by atoms with Crippen LogP contribution in [0, 0.1) is 0 Å². The molecule has 0 aliphatic carbocycles. The minimum absolute atomic E-state index is 0.125. The number of hydrogen-bond acceptors (Lipinski definition) is 6. The van der Waals surface area contributed by atoms with Gasteiger partial charge < -0.3 is 10.4 Å². The lowest BCUT2D eigenvalue weighted by Gasteiger charge is -2.28. The van der Waals surface area contributed by atoms with Gasteiger partial charge in [-0.05, 0) is 49.2 Å². The van der Waals surface area contributed by atoms with Gasteiger partial charge in [-0.1, -0.05) is 6.07 Å². The first-order valence-corrected chi connectivity index (χ1v) is 11.4. The number of amides is 1. The van der Waals surface area contributed by atoms with Crippen molar-refractivity contribution in [2.75, 3.05) is 18.4 Å². The van der Waals surface area contributed by atoms with E-state index >= 15 is 0 Å². The lowest BCUT2D eigenvalue weighted by atomic mass is 10.1. The second-order valence-corrected chi connectivity index (χ2v) is 9.27. The van der Waals surface area contributed by atoms with Crippen LogP contribution in [-0.2, 0) is 16.6 Å². The van der Waals surface area contributed by atoms with Gasteiger partial charge in [0.25, 0.3) is 5.91 Å². The van der Waals surface area contributed by atoms with Crippen LogP contribution >= 0.6 is 0 Å². The van der Waals surface area contributed by atoms with Crippen LogP contribution in [0.3, 0.4) is 0 Å². The molecule has 0 unspecified atom stereocenters. The van der Waals surface area contributed by atoms with Crippen LogP contribution in [0.2, 0.25) is 0 Å². The summed E-state index contributed by atoms with van der Waals surface area (Å²) in [4.78, 5) is 16.9. The summed E-state index contributed by atoms with van der Waals surface area (Å²) in [5.41, 5.74) is 1.18. The number of anilines is 1. The van der Waals surface area contributed by atoms with Crippen molar-refractivity contribution < 1.29 is 18.3 Å². The van der Waals surface area contributed by atoms with E-state index < -0.39 is 16.1 Å². The van der Waals surface area contributed by atoms with Gasteiger partial charge in [0.2, 0.25) is 10.0 Å². The number of sulfonamides is 1. The van der Waals surface area contributed by atoms with Crippen LogP contribution in [-0.4, -0.2) is 57.7 Å². The third kappa shape index (κ3) is 4.98. The van der Waals surface area contributed by atoms with Gasteiger partial charge in [-0.2, -0.15) is 9.40 Å². The SMILES string of the molecule is O=C(Nc1ccn(Cc2ccccn2)n1)c1ccc(S(=O)(=O)N2CCC(O)CC2)cc1. The third-order valence-electron chi connectivity index (χ3n) is 5.11. The standard InChI is InChI=1S/C21H23N5O4S/c27-18-8-13-26(14-9-18)31(29,30)19-6-4-16(5-7-19)21(28)23-20-10-12-25(24-20)15-17-3-1-2-11-22-17/h1-7,10-12,18,27H,8-9,13-15H2,(H,23,24,28). The number of carbonyl (C=O) groups is 1. The number of aliphatic hydroxyl groups is 1. The summed E-state index contributed by atoms with van der Waals surface area (Å²) in [6, 6.07) is 13.1. The minimum Gasteiger partial charge on any atom is -0.393 e. The summed E-state index contributed by atoms with van der Waals surface area (Å²) in [6.07, 6.45) is 3.85. The van der Waals surface area contributed by atoms with E-state index in [1.54, 1.807) is 23.1 Å². The van der Waals surface area contributed by atoms with Crippen molar-refractivity contribution in [3.05, 3.63) is 72.2 Å². The minimum atomic E-state index is -3.64. The normalized spacial score (nSPS) is 15.6. The first-order chi connectivity index (χ1) is 14.9. The molecule has 1 aliphatic heterocycles. The fourth-order valence-corrected chi connectivity index (χ4v) is 4.84. The van der Waals surface area contributed by atoms with Crippen LogP contribution in [0.25, 0.3) is 0 Å². The van der Waals surface area contributed by atoms with E-state index in [9.17, 15) is 18.3 Å². The van der Waals surface area contributed by atoms with Crippen molar-refractivity contribution in [2.45, 2.75) is 30.4 Å². The van der Waals surface area contributed by atoms with E-state index in [1.165, 1.54) is 28.6 Å². The number of carbonyl (C=O) groups excluding carboxylic acids is 1. The molecule has 3 aromatic rings. The topological polar surface area (TPSA) is 117 Å². The number of aliphatic hydroxyl groups excluding tert-OH is 1. The van der Waals surface area contributed by atoms with E-state index in [0.717, 1.165) is 5.69 Å². The number of hydrogen-bond donors (Lipinski definition) is 2. The summed E-state index contributed by atoms with van der Waals surface area (Å²) >= 11 is 0. The maximum absolute atomic E-state index is 12.7. The molecule has 2 aromatic heterocycles. The van der Waals surface area contributed by atoms with E-state index in [2.05, 4.69) is 15.4 Å². The number of aromatic nitrogens is 3. The van der Waals surface area contributed by atoms with Crippen molar-refractivity contribution in [1.82, 2.24) is 19.1 Å². The molecule has 0 radical (unpaired) electrons. The number of pyridine rings is 1. The van der Waals surface area contributed by atoms with Crippen LogP contribution in [0.5, 0.6) is 0 Å². The molecule has 1 aromatic carbocycles. The Labute approximate surface area is 180 Å². The Morgan fingerprint density at radius 3 is 2.52 bits per heavy atom. The number of nitrogens with zero attached hydrogens (tertiary/aromatic N) is 4. The average molecular weight is 442 g/mol. The van der Waals surface area contributed by atoms with E-state index in [4.69, 9.17) is 0 Å². The summed E-state index contributed by atoms with van der Waals surface area (Å²) in [5.74, 6) is 0.0117. The zero-order valence-corrected chi connectivity index (χ0v) is 17.6. The molecular weight excluding hydrogens is 418 g/mol. The molecule has 1 saturated heterocycles. The Kier molecular flexibility index (Phi) is 6.12. The van der Waals surface area contributed by atoms with Crippen LogP contribution in [0.15, 0.2) is 65.8 Å². The van der Waals surface area contributed by atoms with Crippen LogP contribution in [0.4, 0.5) is 5.82 Å². The largest absolute Gasteiger partial charge is 0.393 e. The fourth-order valence-electron chi connectivity index (χ4n) is 3.37. The fraction of sp³-hybridized carbons (Fsp3) is 0.286. The molecule has 0 bridgehead atoms. The second-order valence-electron chi connectivity index (χ2n) is 7.33. The van der Waals surface area contributed by atoms with Gasteiger partial charge in [0.05, 0.1) is 23.2 Å². The summed E-state index contributed by atoms with van der Waals surface area (Å²) in [5, 5.41) is 16.6. The number of benzene rings is 1. The summed E-state index contributed by atoms with van der Waals surface area (Å²) in [6.45, 7) is 1.05. The number of nitrogens with one attached hydrogen (secondary N) is 1. The number of piperidine rings is 1. The monoisotopic (exact) mass is 441 g/mol. The molecule has 1 aliphatic rings. The first-order valence-electron chi connectivity index (χ1n) is 9.95. The second kappa shape index (κ2) is 8.96. The Bertz CT molecular complexity index is 1140. The van der Waals surface area contributed by atoms with Gasteiger partial charge in [0, 0.05) is 37.1 Å². The maximum atomic E-state index is 12.7. The Balaban J connectivity index is 1.40. The zero-order valence-electron chi connectivity index (χ0n) is 16.8. The molecular formula is C21H23N5O4S. The van der Waals surface area contributed by atoms with Gasteiger partial charge in [-0.15, -0.1) is 0 Å². The van der Waals surface area contributed by atoms with Gasteiger partial charge in [-0.3, -0.25) is 14.5 Å². The third-order valence-corrected chi connectivity index (χ3v) is 7.02. The van der Waals surface area contributed by atoms with Crippen molar-refractivity contribution in [3.63, 3.8) is 0 Å². The first kappa shape index (κ1) is 21.2. The summed E-state index contributed by atoms with van der Waals surface area (Å²) in [7, 11) is -3.64. The average Bonchev–Trinajstić information content (AvgIpc) is 3.21. The molecule has 2 N–H and O–H groups in total. The van der Waals surface area contributed by atoms with E-state index in [-0.39, 0.29) is 23.9 Å². The molecule has 162 valence electrons. The lowest BCUT2D eigenvalue weighted by molar-refractivity contribution is 0.102. The molecule has 0 atom stereocenters. The van der Waals surface area contributed by atoms with Crippen LogP contribution < -0.4 is 5.32 Å². The molecule has 3 heterocycles. The molecule has 9 nitrogen and oxygen atoms in total. The van der Waals surface area contributed by atoms with Crippen molar-refractivity contribution in [2.24, 2.45) is 0 Å². The predicted molar refractivity (Wildman–Crippen MR) is 114 cm³/mol. The molecule has 0 saturated carbocycles.